The van der Waals surface area contributed by atoms with E-state index in [9.17, 15) is 13.2 Å². The van der Waals surface area contributed by atoms with E-state index in [-0.39, 0.29) is 0 Å². The number of para-hydroxylation sites is 1. The molecule has 7 heteroatoms. The van der Waals surface area contributed by atoms with E-state index in [0.29, 0.717) is 23.3 Å². The van der Waals surface area contributed by atoms with Gasteiger partial charge in [-0.05, 0) is 24.3 Å². The van der Waals surface area contributed by atoms with Crippen molar-refractivity contribution in [3.05, 3.63) is 76.7 Å². The lowest BCUT2D eigenvalue weighted by molar-refractivity contribution is -0.137. The van der Waals surface area contributed by atoms with Gasteiger partial charge in [-0.2, -0.15) is 13.2 Å². The quantitative estimate of drug-likeness (QED) is 0.469. The first-order valence-electron chi connectivity index (χ1n) is 8.20. The van der Waals surface area contributed by atoms with E-state index < -0.39 is 11.7 Å². The smallest absolute Gasteiger partial charge is 0.377 e. The zero-order valence-electron chi connectivity index (χ0n) is 14.0. The summed E-state index contributed by atoms with van der Waals surface area (Å²) in [6, 6.07) is 14.6. The summed E-state index contributed by atoms with van der Waals surface area (Å²) < 4.78 is 39.0. The molecule has 0 bridgehead atoms. The van der Waals surface area contributed by atoms with Crippen LogP contribution in [-0.2, 0) is 12.7 Å². The number of hydrogen-bond donors (Lipinski definition) is 1. The van der Waals surface area contributed by atoms with Gasteiger partial charge < -0.3 is 5.32 Å². The highest BCUT2D eigenvalue weighted by molar-refractivity contribution is 7.09. The van der Waals surface area contributed by atoms with Gasteiger partial charge in [-0.25, -0.2) is 9.97 Å². The molecule has 0 radical (unpaired) electrons. The van der Waals surface area contributed by atoms with Crippen molar-refractivity contribution in [2.45, 2.75) is 12.7 Å². The van der Waals surface area contributed by atoms with Gasteiger partial charge in [0.25, 0.3) is 0 Å². The molecule has 0 amide bonds. The Morgan fingerprint density at radius 3 is 2.63 bits per heavy atom. The van der Waals surface area contributed by atoms with Gasteiger partial charge in [-0.15, -0.1) is 11.3 Å². The Labute approximate surface area is 157 Å². The number of anilines is 1. The summed E-state index contributed by atoms with van der Waals surface area (Å²) in [4.78, 5) is 8.86. The fourth-order valence-electron chi connectivity index (χ4n) is 2.82. The van der Waals surface area contributed by atoms with Crippen LogP contribution in [0, 0.1) is 0 Å². The minimum absolute atomic E-state index is 0.432. The molecule has 3 nitrogen and oxygen atoms in total. The van der Waals surface area contributed by atoms with Gasteiger partial charge in [0, 0.05) is 22.5 Å². The molecule has 0 saturated carbocycles. The number of aromatic nitrogens is 2. The van der Waals surface area contributed by atoms with Crippen molar-refractivity contribution in [1.29, 1.82) is 0 Å². The molecule has 2 aromatic heterocycles. The summed E-state index contributed by atoms with van der Waals surface area (Å²) in [7, 11) is 0. The molecule has 1 N–H and O–H groups in total. The standard InChI is InChI=1S/C20H14F3N3S/c21-20(22,23)15-5-1-4-14(11-15)16-8-7-13-3-2-6-17(19(13)26-16)25-12-18-24-9-10-27-18/h1-11,25H,12H2. The molecular weight excluding hydrogens is 371 g/mol. The number of halogens is 3. The van der Waals surface area contributed by atoms with Crippen molar-refractivity contribution in [3.8, 4) is 11.3 Å². The van der Waals surface area contributed by atoms with E-state index in [0.717, 1.165) is 28.2 Å². The van der Waals surface area contributed by atoms with Crippen LogP contribution in [0.3, 0.4) is 0 Å². The first kappa shape index (κ1) is 17.5. The number of nitrogens with one attached hydrogen (secondary N) is 1. The molecule has 0 aliphatic rings. The van der Waals surface area contributed by atoms with Crippen molar-refractivity contribution in [1.82, 2.24) is 9.97 Å². The zero-order valence-corrected chi connectivity index (χ0v) is 14.8. The van der Waals surface area contributed by atoms with Crippen molar-refractivity contribution in [3.63, 3.8) is 0 Å². The van der Waals surface area contributed by atoms with Gasteiger partial charge in [-0.1, -0.05) is 30.3 Å². The molecule has 0 fully saturated rings. The number of fused-ring (bicyclic) bond motifs is 1. The second-order valence-electron chi connectivity index (χ2n) is 5.93. The van der Waals surface area contributed by atoms with Crippen molar-refractivity contribution in [2.75, 3.05) is 5.32 Å². The van der Waals surface area contributed by atoms with Crippen molar-refractivity contribution in [2.24, 2.45) is 0 Å². The Morgan fingerprint density at radius 1 is 1.00 bits per heavy atom. The maximum atomic E-state index is 13.0. The molecule has 0 aliphatic heterocycles. The maximum absolute atomic E-state index is 13.0. The van der Waals surface area contributed by atoms with E-state index in [1.54, 1.807) is 29.7 Å². The molecule has 2 aromatic carbocycles. The average molecular weight is 385 g/mol. The Balaban J connectivity index is 1.72. The Morgan fingerprint density at radius 2 is 1.85 bits per heavy atom. The van der Waals surface area contributed by atoms with Crippen LogP contribution in [0.4, 0.5) is 18.9 Å². The minimum atomic E-state index is -4.38. The third-order valence-electron chi connectivity index (χ3n) is 4.12. The van der Waals surface area contributed by atoms with E-state index in [2.05, 4.69) is 15.3 Å². The Kier molecular flexibility index (Phi) is 4.53. The van der Waals surface area contributed by atoms with Gasteiger partial charge in [0.15, 0.2) is 0 Å². The van der Waals surface area contributed by atoms with Gasteiger partial charge in [-0.3, -0.25) is 0 Å². The molecule has 0 saturated heterocycles. The van der Waals surface area contributed by atoms with Gasteiger partial charge in [0.1, 0.15) is 5.01 Å². The lowest BCUT2D eigenvalue weighted by atomic mass is 10.1. The summed E-state index contributed by atoms with van der Waals surface area (Å²) in [5.41, 5.74) is 1.77. The first-order valence-corrected chi connectivity index (χ1v) is 9.08. The van der Waals surface area contributed by atoms with E-state index in [4.69, 9.17) is 0 Å². The number of nitrogens with zero attached hydrogens (tertiary/aromatic N) is 2. The maximum Gasteiger partial charge on any atom is 0.416 e. The van der Waals surface area contributed by atoms with Crippen LogP contribution in [0.15, 0.2) is 66.2 Å². The first-order chi connectivity index (χ1) is 13.0. The summed E-state index contributed by atoms with van der Waals surface area (Å²) in [5.74, 6) is 0. The van der Waals surface area contributed by atoms with Crippen LogP contribution in [-0.4, -0.2) is 9.97 Å². The van der Waals surface area contributed by atoms with Crippen molar-refractivity contribution >= 4 is 27.9 Å². The Hall–Kier alpha value is -2.93. The highest BCUT2D eigenvalue weighted by Gasteiger charge is 2.30. The number of alkyl halides is 3. The molecule has 136 valence electrons. The third kappa shape index (κ3) is 3.78. The lowest BCUT2D eigenvalue weighted by Crippen LogP contribution is -2.04. The van der Waals surface area contributed by atoms with Crippen LogP contribution >= 0.6 is 11.3 Å². The number of benzene rings is 2. The number of rotatable bonds is 4. The minimum Gasteiger partial charge on any atom is -0.377 e. The topological polar surface area (TPSA) is 37.8 Å². The SMILES string of the molecule is FC(F)(F)c1cccc(-c2ccc3cccc(NCc4nccs4)c3n2)c1. The van der Waals surface area contributed by atoms with Gasteiger partial charge in [0.2, 0.25) is 0 Å². The highest BCUT2D eigenvalue weighted by Crippen LogP contribution is 2.32. The molecule has 4 aromatic rings. The largest absolute Gasteiger partial charge is 0.416 e. The summed E-state index contributed by atoms with van der Waals surface area (Å²) in [6.45, 7) is 0.562. The van der Waals surface area contributed by atoms with E-state index in [1.807, 2.05) is 29.6 Å². The predicted molar refractivity (Wildman–Crippen MR) is 102 cm³/mol. The number of hydrogen-bond acceptors (Lipinski definition) is 4. The van der Waals surface area contributed by atoms with Crippen molar-refractivity contribution < 1.29 is 13.2 Å². The molecule has 27 heavy (non-hydrogen) atoms. The molecule has 0 atom stereocenters. The molecule has 0 spiro atoms. The molecule has 0 unspecified atom stereocenters. The van der Waals surface area contributed by atoms with Crippen LogP contribution in [0.5, 0.6) is 0 Å². The van der Waals surface area contributed by atoms with Crippen LogP contribution < -0.4 is 5.32 Å². The molecular formula is C20H14F3N3S. The summed E-state index contributed by atoms with van der Waals surface area (Å²) in [6.07, 6.45) is -2.64. The number of pyridine rings is 1. The highest BCUT2D eigenvalue weighted by atomic mass is 32.1. The van der Waals surface area contributed by atoms with Gasteiger partial charge in [0.05, 0.1) is 29.0 Å². The predicted octanol–water partition coefficient (Wildman–Crippen LogP) is 5.99. The van der Waals surface area contributed by atoms with Gasteiger partial charge >= 0.3 is 6.18 Å². The third-order valence-corrected chi connectivity index (χ3v) is 4.90. The van der Waals surface area contributed by atoms with Crippen LogP contribution in [0.1, 0.15) is 10.6 Å². The fraction of sp³-hybridized carbons (Fsp3) is 0.100. The fourth-order valence-corrected chi connectivity index (χ4v) is 3.37. The van der Waals surface area contributed by atoms with Crippen LogP contribution in [0.25, 0.3) is 22.2 Å². The number of thiazole rings is 1. The normalized spacial score (nSPS) is 11.7. The van der Waals surface area contributed by atoms with E-state index in [1.165, 1.54) is 6.07 Å². The molecule has 0 aliphatic carbocycles. The van der Waals surface area contributed by atoms with Crippen LogP contribution in [0.2, 0.25) is 0 Å². The van der Waals surface area contributed by atoms with E-state index >= 15 is 0 Å². The summed E-state index contributed by atoms with van der Waals surface area (Å²) in [5, 5.41) is 7.07. The lowest BCUT2D eigenvalue weighted by Gasteiger charge is -2.11. The monoisotopic (exact) mass is 385 g/mol. The molecule has 2 heterocycles. The Bertz CT molecular complexity index is 1080. The zero-order chi connectivity index (χ0) is 18.9. The second kappa shape index (κ2) is 7.00. The second-order valence-corrected chi connectivity index (χ2v) is 6.91. The summed E-state index contributed by atoms with van der Waals surface area (Å²) >= 11 is 1.55. The average Bonchev–Trinajstić information content (AvgIpc) is 3.19. The molecule has 4 rings (SSSR count).